The molecule has 0 aliphatic rings. The maximum absolute atomic E-state index is 13.4. The molecule has 0 fully saturated rings. The molecular weight excluding hydrogens is 431 g/mol. The molecule has 0 unspecified atom stereocenters. The minimum atomic E-state index is -4.21. The van der Waals surface area contributed by atoms with Crippen LogP contribution in [0.1, 0.15) is 11.3 Å². The number of anilines is 1. The summed E-state index contributed by atoms with van der Waals surface area (Å²) in [6, 6.07) is 6.29. The molecule has 0 atom stereocenters. The summed E-state index contributed by atoms with van der Waals surface area (Å²) in [5.74, 6) is -2.08. The van der Waals surface area contributed by atoms with Crippen LogP contribution in [0.3, 0.4) is 0 Å². The number of hydrogen-bond acceptors (Lipinski definition) is 7. The van der Waals surface area contributed by atoms with Gasteiger partial charge in [0.15, 0.2) is 14.7 Å². The topological polar surface area (TPSA) is 185 Å². The summed E-state index contributed by atoms with van der Waals surface area (Å²) in [5, 5.41) is 5.76. The number of oxime groups is 1. The second-order valence-electron chi connectivity index (χ2n) is 6.55. The average molecular weight is 454 g/mol. The van der Waals surface area contributed by atoms with Gasteiger partial charge in [-0.1, -0.05) is 12.1 Å². The van der Waals surface area contributed by atoms with Crippen molar-refractivity contribution in [1.82, 2.24) is 9.88 Å². The molecule has 0 bridgehead atoms. The first-order valence-electron chi connectivity index (χ1n) is 8.96. The standard InChI is InChI=1S/C18H23FN6O5S/c1-11-7-14(20)16(31(28,29)10-12-3-2-4-13(19)8-12)17(27)25(11)9-15(26)23-5-6-30-24-18(21)22/h2-4,7-8H,5-6,9-10,20H2,1H3,(H,23,26)(H4,21,22,24). The number of aromatic nitrogens is 1. The van der Waals surface area contributed by atoms with Crippen molar-refractivity contribution in [3.8, 4) is 0 Å². The number of aryl methyl sites for hydroxylation is 1. The van der Waals surface area contributed by atoms with E-state index in [9.17, 15) is 22.4 Å². The van der Waals surface area contributed by atoms with Gasteiger partial charge in [-0.25, -0.2) is 12.8 Å². The number of halogens is 1. The van der Waals surface area contributed by atoms with Crippen molar-refractivity contribution >= 4 is 27.4 Å². The van der Waals surface area contributed by atoms with E-state index >= 15 is 0 Å². The lowest BCUT2D eigenvalue weighted by atomic mass is 10.2. The van der Waals surface area contributed by atoms with Crippen molar-refractivity contribution in [2.24, 2.45) is 16.6 Å². The van der Waals surface area contributed by atoms with Gasteiger partial charge in [0.05, 0.1) is 18.0 Å². The van der Waals surface area contributed by atoms with Gasteiger partial charge in [0.1, 0.15) is 19.0 Å². The molecule has 1 amide bonds. The summed E-state index contributed by atoms with van der Waals surface area (Å²) >= 11 is 0. The number of amides is 1. The van der Waals surface area contributed by atoms with E-state index in [1.807, 2.05) is 0 Å². The van der Waals surface area contributed by atoms with Gasteiger partial charge in [-0.15, -0.1) is 0 Å². The number of carbonyl (C=O) groups excluding carboxylic acids is 1. The van der Waals surface area contributed by atoms with E-state index < -0.39 is 44.3 Å². The Kier molecular flexibility index (Phi) is 7.58. The van der Waals surface area contributed by atoms with Crippen LogP contribution in [-0.4, -0.2) is 38.0 Å². The zero-order valence-corrected chi connectivity index (χ0v) is 17.5. The van der Waals surface area contributed by atoms with Crippen molar-refractivity contribution in [3.05, 3.63) is 57.8 Å². The van der Waals surface area contributed by atoms with Gasteiger partial charge < -0.3 is 31.9 Å². The van der Waals surface area contributed by atoms with E-state index in [0.29, 0.717) is 5.69 Å². The van der Waals surface area contributed by atoms with Gasteiger partial charge in [-0.3, -0.25) is 9.59 Å². The molecule has 1 heterocycles. The van der Waals surface area contributed by atoms with Crippen LogP contribution in [0.4, 0.5) is 10.1 Å². The third-order valence-corrected chi connectivity index (χ3v) is 5.78. The molecule has 168 valence electrons. The number of rotatable bonds is 9. The van der Waals surface area contributed by atoms with Gasteiger partial charge in [-0.2, -0.15) is 0 Å². The molecule has 7 N–H and O–H groups in total. The molecule has 0 saturated carbocycles. The van der Waals surface area contributed by atoms with E-state index in [0.717, 1.165) is 10.6 Å². The van der Waals surface area contributed by atoms with Crippen LogP contribution < -0.4 is 28.1 Å². The predicted molar refractivity (Wildman–Crippen MR) is 112 cm³/mol. The molecule has 0 radical (unpaired) electrons. The van der Waals surface area contributed by atoms with Crippen molar-refractivity contribution in [1.29, 1.82) is 0 Å². The Hall–Kier alpha value is -3.61. The molecular formula is C18H23FN6O5S. The third-order valence-electron chi connectivity index (χ3n) is 4.04. The zero-order chi connectivity index (χ0) is 23.2. The number of pyridine rings is 1. The quantitative estimate of drug-likeness (QED) is 0.164. The number of carbonyl (C=O) groups is 1. The Morgan fingerprint density at radius 2 is 2.00 bits per heavy atom. The molecule has 0 aliphatic carbocycles. The fraction of sp³-hybridized carbons (Fsp3) is 0.278. The normalized spacial score (nSPS) is 11.0. The maximum Gasteiger partial charge on any atom is 0.272 e. The van der Waals surface area contributed by atoms with Crippen LogP contribution in [0.2, 0.25) is 0 Å². The molecule has 11 nitrogen and oxygen atoms in total. The molecule has 31 heavy (non-hydrogen) atoms. The van der Waals surface area contributed by atoms with E-state index in [1.165, 1.54) is 31.2 Å². The first kappa shape index (κ1) is 23.7. The highest BCUT2D eigenvalue weighted by Gasteiger charge is 2.25. The smallest absolute Gasteiger partial charge is 0.272 e. The highest BCUT2D eigenvalue weighted by atomic mass is 32.2. The van der Waals surface area contributed by atoms with Crippen molar-refractivity contribution < 1.29 is 22.4 Å². The summed E-state index contributed by atoms with van der Waals surface area (Å²) in [6.45, 7) is 1.08. The van der Waals surface area contributed by atoms with Gasteiger partial charge >= 0.3 is 0 Å². The first-order valence-corrected chi connectivity index (χ1v) is 10.6. The molecule has 13 heteroatoms. The number of sulfone groups is 1. The largest absolute Gasteiger partial charge is 0.397 e. The van der Waals surface area contributed by atoms with Gasteiger partial charge in [0.2, 0.25) is 11.9 Å². The van der Waals surface area contributed by atoms with Crippen LogP contribution >= 0.6 is 0 Å². The second kappa shape index (κ2) is 9.93. The monoisotopic (exact) mass is 454 g/mol. The molecule has 0 aliphatic heterocycles. The zero-order valence-electron chi connectivity index (χ0n) is 16.7. The number of hydrogen-bond donors (Lipinski definition) is 4. The summed E-state index contributed by atoms with van der Waals surface area (Å²) in [6.07, 6.45) is 0. The van der Waals surface area contributed by atoms with Crippen LogP contribution in [0.5, 0.6) is 0 Å². The number of nitrogens with zero attached hydrogens (tertiary/aromatic N) is 2. The van der Waals surface area contributed by atoms with E-state index in [2.05, 4.69) is 10.5 Å². The number of nitrogen functional groups attached to an aromatic ring is 1. The predicted octanol–water partition coefficient (Wildman–Crippen LogP) is -0.827. The van der Waals surface area contributed by atoms with Crippen LogP contribution in [0, 0.1) is 12.7 Å². The molecule has 2 aromatic rings. The van der Waals surface area contributed by atoms with Gasteiger partial charge in [-0.05, 0) is 35.8 Å². The summed E-state index contributed by atoms with van der Waals surface area (Å²) < 4.78 is 40.1. The van der Waals surface area contributed by atoms with E-state index in [-0.39, 0.29) is 30.4 Å². The minimum Gasteiger partial charge on any atom is -0.397 e. The molecule has 1 aromatic carbocycles. The Morgan fingerprint density at radius 3 is 2.65 bits per heavy atom. The number of benzene rings is 1. The fourth-order valence-corrected chi connectivity index (χ4v) is 4.31. The van der Waals surface area contributed by atoms with E-state index in [4.69, 9.17) is 22.0 Å². The average Bonchev–Trinajstić information content (AvgIpc) is 2.63. The maximum atomic E-state index is 13.4. The lowest BCUT2D eigenvalue weighted by molar-refractivity contribution is -0.122. The van der Waals surface area contributed by atoms with Crippen molar-refractivity contribution in [2.75, 3.05) is 18.9 Å². The fourth-order valence-electron chi connectivity index (χ4n) is 2.76. The summed E-state index contributed by atoms with van der Waals surface area (Å²) in [5.41, 5.74) is 15.2. The Balaban J connectivity index is 2.23. The number of nitrogens with one attached hydrogen (secondary N) is 1. The van der Waals surface area contributed by atoms with Crippen molar-refractivity contribution in [2.45, 2.75) is 24.1 Å². The highest BCUT2D eigenvalue weighted by molar-refractivity contribution is 7.90. The minimum absolute atomic E-state index is 0.0213. The molecule has 2 rings (SSSR count). The summed E-state index contributed by atoms with van der Waals surface area (Å²) in [4.78, 5) is 29.1. The SMILES string of the molecule is Cc1cc(N)c(S(=O)(=O)Cc2cccc(F)c2)c(=O)n1CC(=O)NCCON=C(N)N. The lowest BCUT2D eigenvalue weighted by Crippen LogP contribution is -2.37. The van der Waals surface area contributed by atoms with Crippen LogP contribution in [-0.2, 0) is 31.8 Å². The lowest BCUT2D eigenvalue weighted by Gasteiger charge is -2.14. The van der Waals surface area contributed by atoms with Crippen LogP contribution in [0.15, 0.2) is 45.2 Å². The molecule has 1 aromatic heterocycles. The number of nitrogens with two attached hydrogens (primary N) is 3. The highest BCUT2D eigenvalue weighted by Crippen LogP contribution is 2.20. The Morgan fingerprint density at radius 1 is 1.29 bits per heavy atom. The summed E-state index contributed by atoms with van der Waals surface area (Å²) in [7, 11) is -4.21. The molecule has 0 saturated heterocycles. The van der Waals surface area contributed by atoms with E-state index in [1.54, 1.807) is 0 Å². The molecule has 0 spiro atoms. The van der Waals surface area contributed by atoms with Gasteiger partial charge in [0, 0.05) is 5.69 Å². The third kappa shape index (κ3) is 6.44. The van der Waals surface area contributed by atoms with Crippen molar-refractivity contribution in [3.63, 3.8) is 0 Å². The Bertz CT molecular complexity index is 1160. The Labute approximate surface area is 177 Å². The van der Waals surface area contributed by atoms with Crippen LogP contribution in [0.25, 0.3) is 0 Å². The second-order valence-corrected chi connectivity index (χ2v) is 8.48. The first-order chi connectivity index (χ1) is 14.5. The number of guanidine groups is 1. The van der Waals surface area contributed by atoms with Gasteiger partial charge in [0.25, 0.3) is 5.56 Å².